The van der Waals surface area contributed by atoms with Crippen molar-refractivity contribution < 1.29 is 14.4 Å². The van der Waals surface area contributed by atoms with Crippen LogP contribution in [0.15, 0.2) is 18.3 Å². The summed E-state index contributed by atoms with van der Waals surface area (Å²) in [5, 5.41) is 15.5. The van der Waals surface area contributed by atoms with E-state index in [-0.39, 0.29) is 11.4 Å². The molecule has 1 unspecified atom stereocenters. The standard InChI is InChI=1S/C18H29N4O3PS/c1-12-8-14(9-15(25-7)18(12)23)16(26(24,21(3)4)22(5)6)10-20-17-11-19-13(2)27-17/h8-9,11,16,20,23H,10H2,1-7H3. The zero-order valence-electron chi connectivity index (χ0n) is 17.0. The number of nitrogens with one attached hydrogen (secondary N) is 1. The Morgan fingerprint density at radius 1 is 1.26 bits per heavy atom. The van der Waals surface area contributed by atoms with E-state index >= 15 is 0 Å². The van der Waals surface area contributed by atoms with Gasteiger partial charge < -0.3 is 15.2 Å². The fraction of sp³-hybridized carbons (Fsp3) is 0.500. The van der Waals surface area contributed by atoms with Crippen LogP contribution in [0, 0.1) is 13.8 Å². The Labute approximate surface area is 165 Å². The van der Waals surface area contributed by atoms with Gasteiger partial charge in [-0.1, -0.05) is 6.07 Å². The van der Waals surface area contributed by atoms with Crippen LogP contribution in [-0.2, 0) is 4.57 Å². The van der Waals surface area contributed by atoms with Crippen LogP contribution in [0.2, 0.25) is 0 Å². The highest BCUT2D eigenvalue weighted by Crippen LogP contribution is 2.62. The summed E-state index contributed by atoms with van der Waals surface area (Å²) in [5.74, 6) is 0.489. The Bertz CT molecular complexity index is 826. The van der Waals surface area contributed by atoms with Crippen LogP contribution < -0.4 is 10.1 Å². The molecule has 2 aromatic rings. The van der Waals surface area contributed by atoms with E-state index in [9.17, 15) is 9.67 Å². The number of benzene rings is 1. The Balaban J connectivity index is 2.52. The molecule has 0 radical (unpaired) electrons. The molecule has 0 bridgehead atoms. The number of ether oxygens (including phenoxy) is 1. The number of anilines is 1. The third kappa shape index (κ3) is 4.46. The molecule has 0 amide bonds. The van der Waals surface area contributed by atoms with Crippen LogP contribution >= 0.6 is 18.8 Å². The third-order valence-electron chi connectivity index (χ3n) is 4.54. The maximum absolute atomic E-state index is 14.0. The van der Waals surface area contributed by atoms with E-state index in [4.69, 9.17) is 4.74 Å². The minimum absolute atomic E-state index is 0.107. The highest BCUT2D eigenvalue weighted by Gasteiger charge is 2.39. The zero-order valence-corrected chi connectivity index (χ0v) is 18.7. The number of thiazole rings is 1. The van der Waals surface area contributed by atoms with Crippen molar-refractivity contribution in [3.8, 4) is 11.5 Å². The van der Waals surface area contributed by atoms with Crippen LogP contribution in [0.4, 0.5) is 5.00 Å². The van der Waals surface area contributed by atoms with Gasteiger partial charge in [-0.05, 0) is 59.2 Å². The van der Waals surface area contributed by atoms with Crippen molar-refractivity contribution in [2.75, 3.05) is 47.2 Å². The monoisotopic (exact) mass is 412 g/mol. The van der Waals surface area contributed by atoms with Crippen molar-refractivity contribution in [3.05, 3.63) is 34.5 Å². The Kier molecular flexibility index (Phi) is 6.92. The number of nitrogens with zero attached hydrogens (tertiary/aromatic N) is 3. The molecule has 1 atom stereocenters. The predicted octanol–water partition coefficient (Wildman–Crippen LogP) is 3.94. The van der Waals surface area contributed by atoms with E-state index in [1.165, 1.54) is 7.11 Å². The van der Waals surface area contributed by atoms with Gasteiger partial charge in [0.1, 0.15) is 5.00 Å². The minimum atomic E-state index is -2.94. The summed E-state index contributed by atoms with van der Waals surface area (Å²) < 4.78 is 22.9. The summed E-state index contributed by atoms with van der Waals surface area (Å²) in [6, 6.07) is 3.65. The number of hydrogen-bond donors (Lipinski definition) is 2. The molecule has 0 saturated carbocycles. The van der Waals surface area contributed by atoms with Gasteiger partial charge >= 0.3 is 0 Å². The van der Waals surface area contributed by atoms with Crippen molar-refractivity contribution in [3.63, 3.8) is 0 Å². The molecule has 0 fully saturated rings. The highest BCUT2D eigenvalue weighted by molar-refractivity contribution is 7.59. The molecule has 1 aromatic heterocycles. The molecule has 0 aliphatic rings. The lowest BCUT2D eigenvalue weighted by Gasteiger charge is -2.37. The van der Waals surface area contributed by atoms with E-state index in [0.717, 1.165) is 15.6 Å². The third-order valence-corrected chi connectivity index (χ3v) is 8.99. The maximum Gasteiger partial charge on any atom is 0.224 e. The summed E-state index contributed by atoms with van der Waals surface area (Å²) in [4.78, 5) is 4.27. The average Bonchev–Trinajstić information content (AvgIpc) is 3.02. The van der Waals surface area contributed by atoms with Crippen molar-refractivity contribution in [2.45, 2.75) is 19.5 Å². The first-order valence-corrected chi connectivity index (χ1v) is 11.1. The topological polar surface area (TPSA) is 77.9 Å². The first kappa shape index (κ1) is 21.7. The van der Waals surface area contributed by atoms with Crippen LogP contribution in [-0.4, -0.2) is 61.3 Å². The normalized spacial score (nSPS) is 13.2. The van der Waals surface area contributed by atoms with Gasteiger partial charge in [-0.3, -0.25) is 4.57 Å². The number of aromatic hydroxyl groups is 1. The predicted molar refractivity (Wildman–Crippen MR) is 112 cm³/mol. The van der Waals surface area contributed by atoms with Crippen LogP contribution in [0.25, 0.3) is 0 Å². The van der Waals surface area contributed by atoms with E-state index in [1.807, 2.05) is 48.1 Å². The molecule has 0 aliphatic carbocycles. The second-order valence-electron chi connectivity index (χ2n) is 6.81. The lowest BCUT2D eigenvalue weighted by molar-refractivity contribution is 0.371. The van der Waals surface area contributed by atoms with E-state index in [1.54, 1.807) is 32.9 Å². The molecule has 0 saturated heterocycles. The number of aromatic nitrogens is 1. The van der Waals surface area contributed by atoms with Gasteiger partial charge in [0, 0.05) is 6.54 Å². The van der Waals surface area contributed by atoms with Crippen molar-refractivity contribution >= 4 is 23.8 Å². The summed E-state index contributed by atoms with van der Waals surface area (Å²) in [7, 11) is 5.89. The van der Waals surface area contributed by atoms with Gasteiger partial charge in [0.05, 0.1) is 24.0 Å². The molecule has 2 N–H and O–H groups in total. The average molecular weight is 412 g/mol. The summed E-state index contributed by atoms with van der Waals surface area (Å²) in [6.07, 6.45) is 1.79. The molecule has 2 rings (SSSR count). The quantitative estimate of drug-likeness (QED) is 0.636. The molecule has 0 aliphatic heterocycles. The fourth-order valence-corrected chi connectivity index (χ4v) is 6.49. The lowest BCUT2D eigenvalue weighted by atomic mass is 10.1. The van der Waals surface area contributed by atoms with Gasteiger partial charge in [0.25, 0.3) is 0 Å². The Hall–Kier alpha value is -1.60. The minimum Gasteiger partial charge on any atom is -0.504 e. The van der Waals surface area contributed by atoms with Crippen LogP contribution in [0.3, 0.4) is 0 Å². The first-order chi connectivity index (χ1) is 12.6. The van der Waals surface area contributed by atoms with Crippen LogP contribution in [0.5, 0.6) is 11.5 Å². The van der Waals surface area contributed by atoms with Crippen molar-refractivity contribution in [1.29, 1.82) is 0 Å². The number of hydrogen-bond acceptors (Lipinski definition) is 6. The smallest absolute Gasteiger partial charge is 0.224 e. The molecular weight excluding hydrogens is 383 g/mol. The molecule has 9 heteroatoms. The fourth-order valence-electron chi connectivity index (χ4n) is 3.11. The van der Waals surface area contributed by atoms with Crippen molar-refractivity contribution in [1.82, 2.24) is 14.3 Å². The number of phenolic OH excluding ortho intramolecular Hbond substituents is 1. The molecule has 1 heterocycles. The number of phenols is 1. The molecule has 150 valence electrons. The second kappa shape index (κ2) is 8.61. The maximum atomic E-state index is 14.0. The van der Waals surface area contributed by atoms with Gasteiger partial charge in [-0.15, -0.1) is 11.3 Å². The molecule has 0 spiro atoms. The second-order valence-corrected chi connectivity index (χ2v) is 11.4. The van der Waals surface area contributed by atoms with Gasteiger partial charge in [-0.25, -0.2) is 14.3 Å². The summed E-state index contributed by atoms with van der Waals surface area (Å²) in [5.41, 5.74) is 1.20. The van der Waals surface area contributed by atoms with Crippen LogP contribution in [0.1, 0.15) is 21.8 Å². The number of aryl methyl sites for hydroxylation is 2. The first-order valence-electron chi connectivity index (χ1n) is 8.60. The Morgan fingerprint density at radius 3 is 2.37 bits per heavy atom. The largest absolute Gasteiger partial charge is 0.504 e. The molecule has 27 heavy (non-hydrogen) atoms. The lowest BCUT2D eigenvalue weighted by Crippen LogP contribution is -2.28. The summed E-state index contributed by atoms with van der Waals surface area (Å²) >= 11 is 1.56. The zero-order chi connectivity index (χ0) is 20.4. The summed E-state index contributed by atoms with van der Waals surface area (Å²) in [6.45, 7) is 4.23. The molecule has 1 aromatic carbocycles. The van der Waals surface area contributed by atoms with Gasteiger partial charge in [0.15, 0.2) is 11.5 Å². The molecule has 7 nitrogen and oxygen atoms in total. The van der Waals surface area contributed by atoms with E-state index < -0.39 is 7.44 Å². The van der Waals surface area contributed by atoms with E-state index in [0.29, 0.717) is 17.9 Å². The number of rotatable bonds is 8. The SMILES string of the molecule is COc1cc(C(CNc2cnc(C)s2)P(=O)(N(C)C)N(C)C)cc(C)c1O. The Morgan fingerprint density at radius 2 is 1.89 bits per heavy atom. The van der Waals surface area contributed by atoms with E-state index in [2.05, 4.69) is 10.3 Å². The van der Waals surface area contributed by atoms with Gasteiger partial charge in [0.2, 0.25) is 7.44 Å². The van der Waals surface area contributed by atoms with Crippen molar-refractivity contribution in [2.24, 2.45) is 0 Å². The number of methoxy groups -OCH3 is 1. The molecular formula is C18H29N4O3PS. The van der Waals surface area contributed by atoms with Gasteiger partial charge in [-0.2, -0.15) is 0 Å². The highest BCUT2D eigenvalue weighted by atomic mass is 32.1.